The van der Waals surface area contributed by atoms with Gasteiger partial charge in [-0.25, -0.2) is 0 Å². The Morgan fingerprint density at radius 1 is 0.370 bits per heavy atom. The molecule has 9 rings (SSSR count). The van der Waals surface area contributed by atoms with Crippen molar-refractivity contribution < 1.29 is 0 Å². The van der Waals surface area contributed by atoms with Crippen LogP contribution < -0.4 is 4.90 Å². The Balaban J connectivity index is 1.13. The van der Waals surface area contributed by atoms with Crippen LogP contribution in [0.3, 0.4) is 0 Å². The summed E-state index contributed by atoms with van der Waals surface area (Å²) in [6.07, 6.45) is 0. The second kappa shape index (κ2) is 10.6. The van der Waals surface area contributed by atoms with Crippen LogP contribution >= 0.6 is 0 Å². The molecule has 0 aliphatic carbocycles. The molecule has 0 spiro atoms. The van der Waals surface area contributed by atoms with E-state index < -0.39 is 0 Å². The van der Waals surface area contributed by atoms with Gasteiger partial charge in [0.15, 0.2) is 0 Å². The second-order valence-electron chi connectivity index (χ2n) is 12.3. The monoisotopic (exact) mass is 585 g/mol. The molecule has 0 atom stereocenters. The maximum absolute atomic E-state index is 2.35. The zero-order valence-corrected chi connectivity index (χ0v) is 25.6. The molecule has 1 heteroatoms. The van der Waals surface area contributed by atoms with Crippen LogP contribution in [0, 0.1) is 6.92 Å². The fraction of sp³-hybridized carbons (Fsp3) is 0.0222. The van der Waals surface area contributed by atoms with Crippen LogP contribution in [0.4, 0.5) is 17.1 Å². The van der Waals surface area contributed by atoms with Crippen molar-refractivity contribution >= 4 is 60.2 Å². The molecule has 0 heterocycles. The van der Waals surface area contributed by atoms with Gasteiger partial charge in [0.1, 0.15) is 0 Å². The lowest BCUT2D eigenvalue weighted by atomic mass is 9.90. The van der Waals surface area contributed by atoms with E-state index in [-0.39, 0.29) is 0 Å². The lowest BCUT2D eigenvalue weighted by Crippen LogP contribution is -2.10. The Bertz CT molecular complexity index is 2410. The third-order valence-corrected chi connectivity index (χ3v) is 9.38. The van der Waals surface area contributed by atoms with Gasteiger partial charge in [-0.15, -0.1) is 0 Å². The van der Waals surface area contributed by atoms with Crippen molar-refractivity contribution in [1.82, 2.24) is 0 Å². The highest BCUT2D eigenvalue weighted by Gasteiger charge is 2.17. The number of fused-ring (bicyclic) bond motifs is 1. The minimum absolute atomic E-state index is 1.14. The molecule has 0 unspecified atom stereocenters. The second-order valence-corrected chi connectivity index (χ2v) is 12.3. The number of anilines is 3. The molecule has 0 fully saturated rings. The van der Waals surface area contributed by atoms with E-state index in [0.717, 1.165) is 17.1 Å². The normalized spacial score (nSPS) is 11.6. The average molecular weight is 586 g/mol. The van der Waals surface area contributed by atoms with Crippen LogP contribution in [-0.2, 0) is 0 Å². The Morgan fingerprint density at radius 3 is 1.41 bits per heavy atom. The van der Waals surface area contributed by atoms with Gasteiger partial charge < -0.3 is 4.90 Å². The zero-order valence-electron chi connectivity index (χ0n) is 25.6. The Labute approximate surface area is 268 Å². The highest BCUT2D eigenvalue weighted by atomic mass is 15.1. The molecular formula is C45H31N. The maximum atomic E-state index is 2.35. The topological polar surface area (TPSA) is 3.24 Å². The molecule has 0 amide bonds. The first-order chi connectivity index (χ1) is 22.7. The number of para-hydroxylation sites is 2. The van der Waals surface area contributed by atoms with E-state index in [0.29, 0.717) is 0 Å². The summed E-state index contributed by atoms with van der Waals surface area (Å²) in [5.41, 5.74) is 9.67. The summed E-state index contributed by atoms with van der Waals surface area (Å²) in [4.78, 5) is 2.35. The molecule has 216 valence electrons. The number of aryl methyl sites for hydroxylation is 1. The molecule has 9 aromatic rings. The average Bonchev–Trinajstić information content (AvgIpc) is 3.11. The van der Waals surface area contributed by atoms with Gasteiger partial charge in [-0.3, -0.25) is 0 Å². The largest absolute Gasteiger partial charge is 0.310 e. The Kier molecular flexibility index (Phi) is 6.11. The summed E-state index contributed by atoms with van der Waals surface area (Å²) in [5.74, 6) is 0. The first-order valence-corrected chi connectivity index (χ1v) is 15.9. The Morgan fingerprint density at radius 2 is 0.848 bits per heavy atom. The molecule has 0 aliphatic heterocycles. The molecule has 0 N–H and O–H groups in total. The number of hydrogen-bond acceptors (Lipinski definition) is 1. The van der Waals surface area contributed by atoms with Crippen molar-refractivity contribution in [2.75, 3.05) is 4.90 Å². The molecule has 0 saturated heterocycles. The van der Waals surface area contributed by atoms with Crippen LogP contribution in [0.5, 0.6) is 0 Å². The van der Waals surface area contributed by atoms with Crippen molar-refractivity contribution in [3.63, 3.8) is 0 Å². The molecule has 0 radical (unpaired) electrons. The van der Waals surface area contributed by atoms with Gasteiger partial charge in [0, 0.05) is 16.8 Å². The Hall–Kier alpha value is -5.92. The SMILES string of the molecule is Cc1cc2ccc3cc(-c4ccc(-c5ccc(N(c6ccccc6)c6ccccc6)c6ccccc56)cc4)cc4ccc(c1)c2c34. The van der Waals surface area contributed by atoms with Crippen molar-refractivity contribution in [2.24, 2.45) is 0 Å². The molecule has 46 heavy (non-hydrogen) atoms. The lowest BCUT2D eigenvalue weighted by molar-refractivity contribution is 1.30. The van der Waals surface area contributed by atoms with E-state index in [4.69, 9.17) is 0 Å². The van der Waals surface area contributed by atoms with E-state index in [1.165, 1.54) is 70.9 Å². The lowest BCUT2D eigenvalue weighted by Gasteiger charge is -2.27. The third kappa shape index (κ3) is 4.32. The fourth-order valence-electron chi connectivity index (χ4n) is 7.31. The van der Waals surface area contributed by atoms with E-state index in [9.17, 15) is 0 Å². The van der Waals surface area contributed by atoms with Crippen LogP contribution in [0.2, 0.25) is 0 Å². The van der Waals surface area contributed by atoms with Crippen molar-refractivity contribution in [1.29, 1.82) is 0 Å². The smallest absolute Gasteiger partial charge is 0.0540 e. The molecule has 1 nitrogen and oxygen atoms in total. The summed E-state index contributed by atoms with van der Waals surface area (Å²) < 4.78 is 0. The zero-order chi connectivity index (χ0) is 30.6. The van der Waals surface area contributed by atoms with E-state index in [2.05, 4.69) is 182 Å². The molecule has 0 saturated carbocycles. The van der Waals surface area contributed by atoms with Gasteiger partial charge >= 0.3 is 0 Å². The summed E-state index contributed by atoms with van der Waals surface area (Å²) in [5, 5.41) is 10.4. The van der Waals surface area contributed by atoms with Crippen LogP contribution in [0.15, 0.2) is 170 Å². The standard InChI is InChI=1S/C45H31N/c1-30-26-33-20-22-35-28-37(29-36-23-21-34(27-30)44(33)45(35)36)31-16-18-32(19-17-31)40-24-25-43(42-15-9-8-14-41(40)42)46(38-10-4-2-5-11-38)39-12-6-3-7-13-39/h2-29H,1H3. The summed E-state index contributed by atoms with van der Waals surface area (Å²) in [6.45, 7) is 2.18. The van der Waals surface area contributed by atoms with Crippen LogP contribution in [0.25, 0.3) is 65.3 Å². The minimum atomic E-state index is 1.14. The van der Waals surface area contributed by atoms with E-state index in [1.54, 1.807) is 0 Å². The minimum Gasteiger partial charge on any atom is -0.310 e. The summed E-state index contributed by atoms with van der Waals surface area (Å²) in [6, 6.07) is 62.1. The van der Waals surface area contributed by atoms with Crippen molar-refractivity contribution in [2.45, 2.75) is 6.92 Å². The number of rotatable bonds is 5. The molecule has 0 aliphatic rings. The van der Waals surface area contributed by atoms with Gasteiger partial charge in [0.25, 0.3) is 0 Å². The molecule has 0 bridgehead atoms. The van der Waals surface area contributed by atoms with Crippen molar-refractivity contribution in [3.8, 4) is 22.3 Å². The predicted octanol–water partition coefficient (Wildman–Crippen LogP) is 12.8. The maximum Gasteiger partial charge on any atom is 0.0540 e. The van der Waals surface area contributed by atoms with Crippen molar-refractivity contribution in [3.05, 3.63) is 175 Å². The summed E-state index contributed by atoms with van der Waals surface area (Å²) >= 11 is 0. The number of hydrogen-bond donors (Lipinski definition) is 0. The quantitative estimate of drug-likeness (QED) is 0.182. The summed E-state index contributed by atoms with van der Waals surface area (Å²) in [7, 11) is 0. The van der Waals surface area contributed by atoms with Gasteiger partial charge in [-0.2, -0.15) is 0 Å². The van der Waals surface area contributed by atoms with Gasteiger partial charge in [0.05, 0.1) is 5.69 Å². The predicted molar refractivity (Wildman–Crippen MR) is 198 cm³/mol. The first-order valence-electron chi connectivity index (χ1n) is 15.9. The fourth-order valence-corrected chi connectivity index (χ4v) is 7.31. The highest BCUT2D eigenvalue weighted by molar-refractivity contribution is 6.24. The van der Waals surface area contributed by atoms with Gasteiger partial charge in [0.2, 0.25) is 0 Å². The van der Waals surface area contributed by atoms with E-state index >= 15 is 0 Å². The van der Waals surface area contributed by atoms with Gasteiger partial charge in [-0.05, 0) is 115 Å². The third-order valence-electron chi connectivity index (χ3n) is 9.38. The van der Waals surface area contributed by atoms with E-state index in [1.807, 2.05) is 0 Å². The van der Waals surface area contributed by atoms with Gasteiger partial charge in [-0.1, -0.05) is 127 Å². The molecule has 9 aromatic carbocycles. The highest BCUT2D eigenvalue weighted by Crippen LogP contribution is 2.42. The molecular weight excluding hydrogens is 555 g/mol. The number of benzene rings is 9. The molecule has 0 aromatic heterocycles. The number of nitrogens with zero attached hydrogens (tertiary/aromatic N) is 1. The van der Waals surface area contributed by atoms with Crippen LogP contribution in [-0.4, -0.2) is 0 Å². The first kappa shape index (κ1) is 26.5. The van der Waals surface area contributed by atoms with Crippen LogP contribution in [0.1, 0.15) is 5.56 Å².